The summed E-state index contributed by atoms with van der Waals surface area (Å²) in [5, 5.41) is 0.825. The molecule has 0 fully saturated rings. The minimum Gasteiger partial charge on any atom is -0.489 e. The maximum Gasteiger partial charge on any atom is 0.261 e. The van der Waals surface area contributed by atoms with Gasteiger partial charge in [-0.05, 0) is 35.9 Å². The Morgan fingerprint density at radius 1 is 1.06 bits per heavy atom. The first kappa shape index (κ1) is 19.3. The van der Waals surface area contributed by atoms with Gasteiger partial charge in [-0.2, -0.15) is 0 Å². The Kier molecular flexibility index (Phi) is 4.92. The number of ether oxygens (including phenoxy) is 1. The number of nitrogens with zero attached hydrogens (tertiary/aromatic N) is 3. The second kappa shape index (κ2) is 7.89. The van der Waals surface area contributed by atoms with Crippen LogP contribution in [-0.2, 0) is 11.3 Å². The number of carbonyl (C=O) groups excluding carboxylic acids is 1. The maximum absolute atomic E-state index is 13.5. The fraction of sp³-hybridized carbons (Fsp3) is 0.125. The summed E-state index contributed by atoms with van der Waals surface area (Å²) >= 11 is 6.05. The van der Waals surface area contributed by atoms with E-state index in [-0.39, 0.29) is 24.1 Å². The van der Waals surface area contributed by atoms with Gasteiger partial charge in [-0.3, -0.25) is 19.1 Å². The van der Waals surface area contributed by atoms with E-state index in [0.717, 1.165) is 5.56 Å². The molecule has 1 atom stereocenters. The first-order valence-corrected chi connectivity index (χ1v) is 10.2. The number of hydrogen-bond acceptors (Lipinski definition) is 4. The van der Waals surface area contributed by atoms with E-state index in [1.165, 1.54) is 10.9 Å². The van der Waals surface area contributed by atoms with E-state index in [9.17, 15) is 9.59 Å². The molecule has 7 heteroatoms. The highest BCUT2D eigenvalue weighted by Gasteiger charge is 2.33. The van der Waals surface area contributed by atoms with Crippen LogP contribution in [0.25, 0.3) is 10.9 Å². The number of rotatable bonds is 3. The Morgan fingerprint density at radius 3 is 2.68 bits per heavy atom. The Balaban J connectivity index is 1.55. The van der Waals surface area contributed by atoms with Crippen molar-refractivity contribution >= 4 is 34.1 Å². The Bertz CT molecular complexity index is 1340. The van der Waals surface area contributed by atoms with Gasteiger partial charge in [-0.15, -0.1) is 0 Å². The lowest BCUT2D eigenvalue weighted by atomic mass is 10.0. The molecule has 4 aromatic rings. The molecule has 0 bridgehead atoms. The van der Waals surface area contributed by atoms with E-state index < -0.39 is 0 Å². The fourth-order valence-corrected chi connectivity index (χ4v) is 4.06. The molecule has 31 heavy (non-hydrogen) atoms. The van der Waals surface area contributed by atoms with Gasteiger partial charge in [-0.1, -0.05) is 54.1 Å². The number of anilines is 1. The summed E-state index contributed by atoms with van der Waals surface area (Å²) in [6, 6.07) is 21.8. The molecule has 0 saturated carbocycles. The van der Waals surface area contributed by atoms with Gasteiger partial charge in [0.2, 0.25) is 5.91 Å². The smallest absolute Gasteiger partial charge is 0.261 e. The lowest BCUT2D eigenvalue weighted by Crippen LogP contribution is -2.43. The predicted molar refractivity (Wildman–Crippen MR) is 120 cm³/mol. The average Bonchev–Trinajstić information content (AvgIpc) is 2.81. The van der Waals surface area contributed by atoms with Crippen LogP contribution in [0.4, 0.5) is 5.69 Å². The van der Waals surface area contributed by atoms with Crippen LogP contribution in [0.1, 0.15) is 11.6 Å². The maximum atomic E-state index is 13.5. The SMILES string of the molecule is O=C(Cn1cnc2ccc(Cl)cc2c1=O)N1c2ccccc2OCC1c1ccccc1. The van der Waals surface area contributed by atoms with Crippen molar-refractivity contribution in [1.82, 2.24) is 9.55 Å². The number of aromatic nitrogens is 2. The number of hydrogen-bond donors (Lipinski definition) is 0. The van der Waals surface area contributed by atoms with Crippen LogP contribution >= 0.6 is 11.6 Å². The van der Waals surface area contributed by atoms with Crippen molar-refractivity contribution in [1.29, 1.82) is 0 Å². The normalized spacial score (nSPS) is 15.4. The molecule has 0 N–H and O–H groups in total. The van der Waals surface area contributed by atoms with Gasteiger partial charge >= 0.3 is 0 Å². The zero-order valence-corrected chi connectivity index (χ0v) is 17.2. The fourth-order valence-electron chi connectivity index (χ4n) is 3.88. The van der Waals surface area contributed by atoms with Gasteiger partial charge < -0.3 is 4.74 Å². The summed E-state index contributed by atoms with van der Waals surface area (Å²) in [5.74, 6) is 0.411. The van der Waals surface area contributed by atoms with E-state index in [0.29, 0.717) is 34.0 Å². The van der Waals surface area contributed by atoms with Gasteiger partial charge in [0.15, 0.2) is 0 Å². The van der Waals surface area contributed by atoms with E-state index in [4.69, 9.17) is 16.3 Å². The second-order valence-electron chi connectivity index (χ2n) is 7.31. The molecule has 2 heterocycles. The molecule has 0 saturated heterocycles. The highest BCUT2D eigenvalue weighted by atomic mass is 35.5. The topological polar surface area (TPSA) is 64.4 Å². The number of halogens is 1. The molecule has 1 aliphatic rings. The molecule has 1 unspecified atom stereocenters. The molecule has 0 spiro atoms. The minimum atomic E-state index is -0.307. The van der Waals surface area contributed by atoms with Crippen LogP contribution in [0.3, 0.4) is 0 Å². The van der Waals surface area contributed by atoms with E-state index >= 15 is 0 Å². The zero-order chi connectivity index (χ0) is 21.4. The van der Waals surface area contributed by atoms with Gasteiger partial charge in [0.1, 0.15) is 18.9 Å². The third-order valence-corrected chi connectivity index (χ3v) is 5.61. The number of carbonyl (C=O) groups is 1. The highest BCUT2D eigenvalue weighted by Crippen LogP contribution is 2.39. The van der Waals surface area contributed by atoms with Gasteiger partial charge in [0.25, 0.3) is 5.56 Å². The van der Waals surface area contributed by atoms with Gasteiger partial charge in [0.05, 0.1) is 29.0 Å². The lowest BCUT2D eigenvalue weighted by Gasteiger charge is -2.37. The van der Waals surface area contributed by atoms with Crippen LogP contribution in [-0.4, -0.2) is 22.1 Å². The third kappa shape index (κ3) is 3.55. The number of benzene rings is 3. The van der Waals surface area contributed by atoms with Gasteiger partial charge in [0, 0.05) is 5.02 Å². The second-order valence-corrected chi connectivity index (χ2v) is 7.74. The van der Waals surface area contributed by atoms with Crippen molar-refractivity contribution in [3.05, 3.63) is 100 Å². The molecular formula is C24H18ClN3O3. The van der Waals surface area contributed by atoms with E-state index in [1.807, 2.05) is 54.6 Å². The summed E-state index contributed by atoms with van der Waals surface area (Å²) < 4.78 is 7.25. The standard InChI is InChI=1S/C24H18ClN3O3/c25-17-10-11-19-18(12-17)24(30)27(15-26-19)13-23(29)28-20-8-4-5-9-22(20)31-14-21(28)16-6-2-1-3-7-16/h1-12,15,21H,13-14H2. The Hall–Kier alpha value is -3.64. The van der Waals surface area contributed by atoms with Crippen LogP contribution < -0.4 is 15.2 Å². The molecule has 3 aromatic carbocycles. The third-order valence-electron chi connectivity index (χ3n) is 5.38. The van der Waals surface area contributed by atoms with E-state index in [1.54, 1.807) is 23.1 Å². The summed E-state index contributed by atoms with van der Waals surface area (Å²) in [6.07, 6.45) is 1.40. The largest absolute Gasteiger partial charge is 0.489 e. The molecule has 0 radical (unpaired) electrons. The molecule has 1 aromatic heterocycles. The Morgan fingerprint density at radius 2 is 1.84 bits per heavy atom. The van der Waals surface area contributed by atoms with Crippen LogP contribution in [0.5, 0.6) is 5.75 Å². The number of para-hydroxylation sites is 2. The van der Waals surface area contributed by atoms with Crippen molar-refractivity contribution in [2.24, 2.45) is 0 Å². The molecule has 1 amide bonds. The first-order chi connectivity index (χ1) is 15.1. The lowest BCUT2D eigenvalue weighted by molar-refractivity contribution is -0.120. The molecule has 6 nitrogen and oxygen atoms in total. The van der Waals surface area contributed by atoms with Crippen molar-refractivity contribution in [2.45, 2.75) is 12.6 Å². The quantitative estimate of drug-likeness (QED) is 0.487. The summed E-state index contributed by atoms with van der Waals surface area (Å²) in [6.45, 7) is 0.180. The van der Waals surface area contributed by atoms with Crippen molar-refractivity contribution in [3.63, 3.8) is 0 Å². The average molecular weight is 432 g/mol. The van der Waals surface area contributed by atoms with Crippen LogP contribution in [0, 0.1) is 0 Å². The van der Waals surface area contributed by atoms with E-state index in [2.05, 4.69) is 4.98 Å². The van der Waals surface area contributed by atoms with Crippen molar-refractivity contribution in [3.8, 4) is 5.75 Å². The monoisotopic (exact) mass is 431 g/mol. The van der Waals surface area contributed by atoms with Crippen molar-refractivity contribution < 1.29 is 9.53 Å². The highest BCUT2D eigenvalue weighted by molar-refractivity contribution is 6.31. The molecule has 5 rings (SSSR count). The minimum absolute atomic E-state index is 0.147. The van der Waals surface area contributed by atoms with Crippen LogP contribution in [0.15, 0.2) is 83.9 Å². The summed E-state index contributed by atoms with van der Waals surface area (Å²) in [4.78, 5) is 32.5. The first-order valence-electron chi connectivity index (χ1n) is 9.85. The molecular weight excluding hydrogens is 414 g/mol. The number of amides is 1. The predicted octanol–water partition coefficient (Wildman–Crippen LogP) is 4.22. The molecule has 154 valence electrons. The van der Waals surface area contributed by atoms with Gasteiger partial charge in [-0.25, -0.2) is 4.98 Å². The summed E-state index contributed by atoms with van der Waals surface area (Å²) in [5.41, 5.74) is 1.87. The Labute approximate surface area is 183 Å². The zero-order valence-electron chi connectivity index (χ0n) is 16.4. The molecule has 1 aliphatic heterocycles. The number of fused-ring (bicyclic) bond motifs is 2. The molecule has 0 aliphatic carbocycles. The van der Waals surface area contributed by atoms with Crippen LogP contribution in [0.2, 0.25) is 5.02 Å². The summed E-state index contributed by atoms with van der Waals surface area (Å²) in [7, 11) is 0. The van der Waals surface area contributed by atoms with Crippen molar-refractivity contribution in [2.75, 3.05) is 11.5 Å².